The van der Waals surface area contributed by atoms with Crippen LogP contribution in [0, 0.1) is 11.3 Å². The summed E-state index contributed by atoms with van der Waals surface area (Å²) in [6.07, 6.45) is 5.02. The molecule has 0 radical (unpaired) electrons. The fourth-order valence-corrected chi connectivity index (χ4v) is 1.86. The molecule has 1 saturated carbocycles. The molecule has 0 saturated heterocycles. The van der Waals surface area contributed by atoms with E-state index in [2.05, 4.69) is 6.07 Å². The van der Waals surface area contributed by atoms with Crippen molar-refractivity contribution in [2.24, 2.45) is 0 Å². The third-order valence-corrected chi connectivity index (χ3v) is 3.13. The summed E-state index contributed by atoms with van der Waals surface area (Å²) in [7, 11) is 0. The quantitative estimate of drug-likeness (QED) is 0.601. The molecule has 1 aliphatic rings. The molecule has 0 N–H and O–H groups in total. The number of hydrogen-bond donors (Lipinski definition) is 0. The maximum atomic E-state index is 11.1. The summed E-state index contributed by atoms with van der Waals surface area (Å²) < 4.78 is 4.80. The predicted molar refractivity (Wildman–Crippen MR) is 68.6 cm³/mol. The minimum absolute atomic E-state index is 0.247. The number of nitriles is 1. The first kappa shape index (κ1) is 12.4. The highest BCUT2D eigenvalue weighted by Crippen LogP contribution is 2.47. The lowest BCUT2D eigenvalue weighted by Gasteiger charge is -2.05. The zero-order chi connectivity index (χ0) is 13.0. The van der Waals surface area contributed by atoms with Gasteiger partial charge in [-0.05, 0) is 37.0 Å². The van der Waals surface area contributed by atoms with E-state index in [4.69, 9.17) is 10.00 Å². The third-order valence-electron chi connectivity index (χ3n) is 3.13. The Balaban J connectivity index is 2.05. The van der Waals surface area contributed by atoms with Crippen molar-refractivity contribution in [3.05, 3.63) is 41.5 Å². The SMILES string of the molecule is CCOC(=O)C=Cc1ccc(C2(C#N)CC2)cc1. The van der Waals surface area contributed by atoms with Gasteiger partial charge in [0.05, 0.1) is 18.1 Å². The Bertz CT molecular complexity index is 504. The number of hydrogen-bond acceptors (Lipinski definition) is 3. The highest BCUT2D eigenvalue weighted by Gasteiger charge is 2.44. The van der Waals surface area contributed by atoms with E-state index in [0.29, 0.717) is 6.61 Å². The molecule has 0 heterocycles. The molecule has 1 aromatic rings. The van der Waals surface area contributed by atoms with Crippen LogP contribution in [0.3, 0.4) is 0 Å². The molecule has 0 unspecified atom stereocenters. The Morgan fingerprint density at radius 2 is 2.11 bits per heavy atom. The summed E-state index contributed by atoms with van der Waals surface area (Å²) in [6.45, 7) is 2.16. The van der Waals surface area contributed by atoms with Gasteiger partial charge in [-0.15, -0.1) is 0 Å². The number of nitrogens with zero attached hydrogens (tertiary/aromatic N) is 1. The maximum absolute atomic E-state index is 11.1. The summed E-state index contributed by atoms with van der Waals surface area (Å²) in [5.74, 6) is -0.336. The van der Waals surface area contributed by atoms with Crippen molar-refractivity contribution < 1.29 is 9.53 Å². The van der Waals surface area contributed by atoms with E-state index >= 15 is 0 Å². The van der Waals surface area contributed by atoms with Gasteiger partial charge in [0, 0.05) is 6.08 Å². The number of carbonyl (C=O) groups excluding carboxylic acids is 1. The highest BCUT2D eigenvalue weighted by molar-refractivity contribution is 5.87. The Labute approximate surface area is 107 Å². The first-order valence-corrected chi connectivity index (χ1v) is 6.07. The van der Waals surface area contributed by atoms with Crippen molar-refractivity contribution >= 4 is 12.0 Å². The van der Waals surface area contributed by atoms with Crippen LogP contribution in [-0.2, 0) is 14.9 Å². The molecule has 0 atom stereocenters. The van der Waals surface area contributed by atoms with Crippen LogP contribution in [0.4, 0.5) is 0 Å². The van der Waals surface area contributed by atoms with Crippen LogP contribution < -0.4 is 0 Å². The number of carbonyl (C=O) groups is 1. The summed E-state index contributed by atoms with van der Waals surface area (Å²) in [5.41, 5.74) is 1.75. The van der Waals surface area contributed by atoms with Crippen molar-refractivity contribution in [2.45, 2.75) is 25.2 Å². The second-order valence-electron chi connectivity index (χ2n) is 4.40. The third kappa shape index (κ3) is 2.60. The summed E-state index contributed by atoms with van der Waals surface area (Å²) in [5, 5.41) is 9.09. The van der Waals surface area contributed by atoms with E-state index in [-0.39, 0.29) is 11.4 Å². The number of ether oxygens (including phenoxy) is 1. The Kier molecular flexibility index (Phi) is 3.47. The van der Waals surface area contributed by atoms with Gasteiger partial charge in [0.15, 0.2) is 0 Å². The smallest absolute Gasteiger partial charge is 0.330 e. The van der Waals surface area contributed by atoms with E-state index in [1.807, 2.05) is 24.3 Å². The summed E-state index contributed by atoms with van der Waals surface area (Å²) in [4.78, 5) is 11.1. The molecule has 92 valence electrons. The molecule has 0 aromatic heterocycles. The molecular weight excluding hydrogens is 226 g/mol. The fourth-order valence-electron chi connectivity index (χ4n) is 1.86. The first-order valence-electron chi connectivity index (χ1n) is 6.07. The average molecular weight is 241 g/mol. The largest absolute Gasteiger partial charge is 0.463 e. The maximum Gasteiger partial charge on any atom is 0.330 e. The number of esters is 1. The van der Waals surface area contributed by atoms with Gasteiger partial charge < -0.3 is 4.74 Å². The lowest BCUT2D eigenvalue weighted by Crippen LogP contribution is -2.01. The van der Waals surface area contributed by atoms with Crippen LogP contribution in [0.25, 0.3) is 6.08 Å². The molecule has 0 spiro atoms. The van der Waals surface area contributed by atoms with Gasteiger partial charge in [-0.25, -0.2) is 4.79 Å². The van der Waals surface area contributed by atoms with Crippen molar-refractivity contribution in [1.29, 1.82) is 5.26 Å². The topological polar surface area (TPSA) is 50.1 Å². The van der Waals surface area contributed by atoms with Gasteiger partial charge in [0.2, 0.25) is 0 Å². The standard InChI is InChI=1S/C15H15NO2/c1-2-18-14(17)8-5-12-3-6-13(7-4-12)15(11-16)9-10-15/h3-8H,2,9-10H2,1H3. The second-order valence-corrected chi connectivity index (χ2v) is 4.40. The molecule has 0 amide bonds. The number of rotatable bonds is 4. The molecule has 3 nitrogen and oxygen atoms in total. The van der Waals surface area contributed by atoms with Crippen LogP contribution in [0.2, 0.25) is 0 Å². The lowest BCUT2D eigenvalue weighted by atomic mass is 9.97. The van der Waals surface area contributed by atoms with Crippen LogP contribution in [0.15, 0.2) is 30.3 Å². The zero-order valence-electron chi connectivity index (χ0n) is 10.3. The van der Waals surface area contributed by atoms with Gasteiger partial charge in [-0.2, -0.15) is 5.26 Å². The Hall–Kier alpha value is -2.08. The van der Waals surface area contributed by atoms with Crippen LogP contribution >= 0.6 is 0 Å². The van der Waals surface area contributed by atoms with Crippen LogP contribution in [0.5, 0.6) is 0 Å². The highest BCUT2D eigenvalue weighted by atomic mass is 16.5. The van der Waals surface area contributed by atoms with Crippen LogP contribution in [0.1, 0.15) is 30.9 Å². The number of benzene rings is 1. The summed E-state index contributed by atoms with van der Waals surface area (Å²) >= 11 is 0. The van der Waals surface area contributed by atoms with Crippen LogP contribution in [-0.4, -0.2) is 12.6 Å². The van der Waals surface area contributed by atoms with Gasteiger partial charge in [-0.3, -0.25) is 0 Å². The molecule has 0 aliphatic heterocycles. The van der Waals surface area contributed by atoms with E-state index in [1.54, 1.807) is 13.0 Å². The summed E-state index contributed by atoms with van der Waals surface area (Å²) in [6, 6.07) is 10.1. The molecule has 3 heteroatoms. The van der Waals surface area contributed by atoms with Gasteiger partial charge >= 0.3 is 5.97 Å². The minimum atomic E-state index is -0.336. The molecule has 1 aromatic carbocycles. The zero-order valence-corrected chi connectivity index (χ0v) is 10.3. The van der Waals surface area contributed by atoms with Crippen molar-refractivity contribution in [3.8, 4) is 6.07 Å². The van der Waals surface area contributed by atoms with E-state index in [0.717, 1.165) is 24.0 Å². The fraction of sp³-hybridized carbons (Fsp3) is 0.333. The van der Waals surface area contributed by atoms with Gasteiger partial charge in [-0.1, -0.05) is 24.3 Å². The van der Waals surface area contributed by atoms with E-state index in [9.17, 15) is 4.79 Å². The average Bonchev–Trinajstić information content (AvgIpc) is 3.18. The Morgan fingerprint density at radius 1 is 1.44 bits per heavy atom. The molecule has 1 fully saturated rings. The van der Waals surface area contributed by atoms with Crippen molar-refractivity contribution in [3.63, 3.8) is 0 Å². The molecule has 2 rings (SSSR count). The van der Waals surface area contributed by atoms with Gasteiger partial charge in [0.1, 0.15) is 0 Å². The van der Waals surface area contributed by atoms with Crippen molar-refractivity contribution in [1.82, 2.24) is 0 Å². The molecule has 18 heavy (non-hydrogen) atoms. The molecule has 1 aliphatic carbocycles. The minimum Gasteiger partial charge on any atom is -0.463 e. The first-order chi connectivity index (χ1) is 8.70. The lowest BCUT2D eigenvalue weighted by molar-refractivity contribution is -0.137. The molecule has 0 bridgehead atoms. The molecular formula is C15H15NO2. The normalized spacial score (nSPS) is 16.2. The van der Waals surface area contributed by atoms with E-state index in [1.165, 1.54) is 6.08 Å². The second kappa shape index (κ2) is 5.05. The van der Waals surface area contributed by atoms with Gasteiger partial charge in [0.25, 0.3) is 0 Å². The van der Waals surface area contributed by atoms with E-state index < -0.39 is 0 Å². The predicted octanol–water partition coefficient (Wildman–Crippen LogP) is 2.82. The Morgan fingerprint density at radius 3 is 2.61 bits per heavy atom. The monoisotopic (exact) mass is 241 g/mol. The van der Waals surface area contributed by atoms with Crippen molar-refractivity contribution in [2.75, 3.05) is 6.61 Å².